The van der Waals surface area contributed by atoms with E-state index < -0.39 is 5.54 Å². The number of carbonyl (C=O) groups excluding carboxylic acids is 1. The molecule has 4 heteroatoms. The van der Waals surface area contributed by atoms with Gasteiger partial charge >= 0.3 is 0 Å². The van der Waals surface area contributed by atoms with E-state index in [2.05, 4.69) is 10.2 Å². The van der Waals surface area contributed by atoms with Crippen molar-refractivity contribution in [2.45, 2.75) is 58.0 Å². The van der Waals surface area contributed by atoms with Gasteiger partial charge in [0.05, 0.1) is 5.54 Å². The largest absolute Gasteiger partial charge is 0.368 e. The molecular formula is C13H27N3O. The third-order valence-corrected chi connectivity index (χ3v) is 3.50. The summed E-state index contributed by atoms with van der Waals surface area (Å²) < 4.78 is 0. The Bertz CT molecular complexity index is 249. The molecule has 4 nitrogen and oxygen atoms in total. The molecule has 0 saturated carbocycles. The lowest BCUT2D eigenvalue weighted by atomic mass is 9.94. The first-order valence-electron chi connectivity index (χ1n) is 6.74. The van der Waals surface area contributed by atoms with Crippen LogP contribution in [0.25, 0.3) is 0 Å². The van der Waals surface area contributed by atoms with Crippen LogP contribution >= 0.6 is 0 Å². The topological polar surface area (TPSA) is 58.4 Å². The fraction of sp³-hybridized carbons (Fsp3) is 0.923. The summed E-state index contributed by atoms with van der Waals surface area (Å²) in [5.41, 5.74) is 4.94. The van der Waals surface area contributed by atoms with E-state index >= 15 is 0 Å². The second-order valence-corrected chi connectivity index (χ2v) is 5.65. The molecule has 1 rings (SSSR count). The van der Waals surface area contributed by atoms with Crippen LogP contribution in [0.5, 0.6) is 0 Å². The summed E-state index contributed by atoms with van der Waals surface area (Å²) in [5.74, 6) is -0.243. The summed E-state index contributed by atoms with van der Waals surface area (Å²) >= 11 is 0. The smallest absolute Gasteiger partial charge is 0.237 e. The summed E-state index contributed by atoms with van der Waals surface area (Å²) in [6.07, 6.45) is 4.48. The van der Waals surface area contributed by atoms with E-state index in [0.717, 1.165) is 19.4 Å². The minimum absolute atomic E-state index is 0.243. The summed E-state index contributed by atoms with van der Waals surface area (Å²) in [5, 5.41) is 3.29. The van der Waals surface area contributed by atoms with Gasteiger partial charge in [0.1, 0.15) is 0 Å². The van der Waals surface area contributed by atoms with Crippen LogP contribution in [0.4, 0.5) is 0 Å². The van der Waals surface area contributed by atoms with Crippen molar-refractivity contribution in [3.05, 3.63) is 0 Å². The molecule has 1 atom stereocenters. The van der Waals surface area contributed by atoms with Gasteiger partial charge in [-0.15, -0.1) is 0 Å². The molecular weight excluding hydrogens is 214 g/mol. The van der Waals surface area contributed by atoms with Gasteiger partial charge < -0.3 is 16.0 Å². The van der Waals surface area contributed by atoms with Gasteiger partial charge in [-0.25, -0.2) is 0 Å². The van der Waals surface area contributed by atoms with Crippen LogP contribution in [0, 0.1) is 0 Å². The van der Waals surface area contributed by atoms with Crippen molar-refractivity contribution < 1.29 is 4.79 Å². The van der Waals surface area contributed by atoms with Gasteiger partial charge in [-0.05, 0) is 66.1 Å². The molecule has 1 unspecified atom stereocenters. The van der Waals surface area contributed by atoms with E-state index in [-0.39, 0.29) is 11.9 Å². The summed E-state index contributed by atoms with van der Waals surface area (Å²) in [4.78, 5) is 14.0. The third-order valence-electron chi connectivity index (χ3n) is 3.50. The van der Waals surface area contributed by atoms with Crippen LogP contribution in [0.15, 0.2) is 0 Å². The van der Waals surface area contributed by atoms with Crippen LogP contribution in [0.3, 0.4) is 0 Å². The molecule has 100 valence electrons. The quantitative estimate of drug-likeness (QED) is 0.702. The third kappa shape index (κ3) is 4.64. The Morgan fingerprint density at radius 3 is 2.47 bits per heavy atom. The molecule has 1 amide bonds. The van der Waals surface area contributed by atoms with E-state index in [1.54, 1.807) is 0 Å². The number of nitrogens with zero attached hydrogens (tertiary/aromatic N) is 1. The molecule has 0 aromatic carbocycles. The van der Waals surface area contributed by atoms with Gasteiger partial charge in [0.15, 0.2) is 0 Å². The van der Waals surface area contributed by atoms with E-state index in [4.69, 9.17) is 5.73 Å². The second kappa shape index (κ2) is 6.36. The van der Waals surface area contributed by atoms with Gasteiger partial charge in [0.25, 0.3) is 0 Å². The normalized spacial score (nSPS) is 20.7. The van der Waals surface area contributed by atoms with Gasteiger partial charge in [0.2, 0.25) is 5.91 Å². The Morgan fingerprint density at radius 1 is 1.41 bits per heavy atom. The first kappa shape index (κ1) is 14.5. The summed E-state index contributed by atoms with van der Waals surface area (Å²) in [6.45, 7) is 9.51. The van der Waals surface area contributed by atoms with Gasteiger partial charge in [-0.3, -0.25) is 4.79 Å². The van der Waals surface area contributed by atoms with Crippen LogP contribution in [-0.2, 0) is 4.79 Å². The van der Waals surface area contributed by atoms with Crippen molar-refractivity contribution in [2.75, 3.05) is 19.6 Å². The van der Waals surface area contributed by atoms with Crippen LogP contribution < -0.4 is 11.1 Å². The SMILES string of the molecule is CC(C)NC(C)(CCCN1CCCC1)C(N)=O. The first-order valence-corrected chi connectivity index (χ1v) is 6.74. The Hall–Kier alpha value is -0.610. The maximum Gasteiger partial charge on any atom is 0.237 e. The number of amides is 1. The number of hydrogen-bond acceptors (Lipinski definition) is 3. The zero-order valence-corrected chi connectivity index (χ0v) is 11.5. The van der Waals surface area contributed by atoms with Gasteiger partial charge in [-0.1, -0.05) is 0 Å². The molecule has 1 saturated heterocycles. The van der Waals surface area contributed by atoms with E-state index in [1.807, 2.05) is 20.8 Å². The highest BCUT2D eigenvalue weighted by atomic mass is 16.1. The monoisotopic (exact) mass is 241 g/mol. The molecule has 1 fully saturated rings. The van der Waals surface area contributed by atoms with Crippen molar-refractivity contribution >= 4 is 5.91 Å². The molecule has 3 N–H and O–H groups in total. The molecule has 1 aliphatic heterocycles. The van der Waals surface area contributed by atoms with Crippen molar-refractivity contribution in [3.8, 4) is 0 Å². The van der Waals surface area contributed by atoms with Crippen LogP contribution in [-0.4, -0.2) is 42.0 Å². The molecule has 0 bridgehead atoms. The number of nitrogens with two attached hydrogens (primary N) is 1. The number of primary amides is 1. The Balaban J connectivity index is 2.35. The Kier molecular flexibility index (Phi) is 5.40. The molecule has 0 aliphatic carbocycles. The maximum absolute atomic E-state index is 11.5. The number of likely N-dealkylation sites (tertiary alicyclic amines) is 1. The molecule has 0 radical (unpaired) electrons. The molecule has 0 spiro atoms. The van der Waals surface area contributed by atoms with Crippen molar-refractivity contribution in [2.24, 2.45) is 5.73 Å². The van der Waals surface area contributed by atoms with E-state index in [9.17, 15) is 4.79 Å². The number of rotatable bonds is 7. The summed E-state index contributed by atoms with van der Waals surface area (Å²) in [6, 6.07) is 0.277. The lowest BCUT2D eigenvalue weighted by Gasteiger charge is -2.30. The average molecular weight is 241 g/mol. The standard InChI is InChI=1S/C13H27N3O/c1-11(2)15-13(3,12(14)17)7-6-10-16-8-4-5-9-16/h11,15H,4-10H2,1-3H3,(H2,14,17). The van der Waals surface area contributed by atoms with Gasteiger partial charge in [-0.2, -0.15) is 0 Å². The number of hydrogen-bond donors (Lipinski definition) is 2. The number of nitrogens with one attached hydrogen (secondary N) is 1. The molecule has 0 aromatic heterocycles. The van der Waals surface area contributed by atoms with Gasteiger partial charge in [0, 0.05) is 6.04 Å². The highest BCUT2D eigenvalue weighted by Crippen LogP contribution is 2.15. The second-order valence-electron chi connectivity index (χ2n) is 5.65. The van der Waals surface area contributed by atoms with E-state index in [1.165, 1.54) is 25.9 Å². The molecule has 1 heterocycles. The zero-order chi connectivity index (χ0) is 12.9. The molecule has 0 aromatic rings. The fourth-order valence-electron chi connectivity index (χ4n) is 2.57. The average Bonchev–Trinajstić information content (AvgIpc) is 2.69. The molecule has 17 heavy (non-hydrogen) atoms. The lowest BCUT2D eigenvalue weighted by molar-refractivity contribution is -0.124. The first-order chi connectivity index (χ1) is 7.94. The predicted octanol–water partition coefficient (Wildman–Crippen LogP) is 1.10. The minimum atomic E-state index is -0.562. The van der Waals surface area contributed by atoms with Crippen LogP contribution in [0.2, 0.25) is 0 Å². The Morgan fingerprint density at radius 2 is 2.00 bits per heavy atom. The lowest BCUT2D eigenvalue weighted by Crippen LogP contribution is -2.55. The van der Waals surface area contributed by atoms with E-state index in [0.29, 0.717) is 0 Å². The summed E-state index contributed by atoms with van der Waals surface area (Å²) in [7, 11) is 0. The zero-order valence-electron chi connectivity index (χ0n) is 11.5. The van der Waals surface area contributed by atoms with Crippen LogP contribution in [0.1, 0.15) is 46.5 Å². The highest BCUT2D eigenvalue weighted by molar-refractivity contribution is 5.84. The van der Waals surface area contributed by atoms with Crippen molar-refractivity contribution in [3.63, 3.8) is 0 Å². The van der Waals surface area contributed by atoms with Crippen molar-refractivity contribution in [1.29, 1.82) is 0 Å². The Labute approximate surface area is 105 Å². The molecule has 1 aliphatic rings. The minimum Gasteiger partial charge on any atom is -0.368 e. The maximum atomic E-state index is 11.5. The number of carbonyl (C=O) groups is 1. The predicted molar refractivity (Wildman–Crippen MR) is 70.8 cm³/mol. The fourth-order valence-corrected chi connectivity index (χ4v) is 2.57. The highest BCUT2D eigenvalue weighted by Gasteiger charge is 2.30. The van der Waals surface area contributed by atoms with Crippen molar-refractivity contribution in [1.82, 2.24) is 10.2 Å².